The number of carboxylic acids is 3. The fourth-order valence-corrected chi connectivity index (χ4v) is 6.44. The summed E-state index contributed by atoms with van der Waals surface area (Å²) in [4.78, 5) is 43.2. The van der Waals surface area contributed by atoms with Crippen molar-refractivity contribution in [1.29, 1.82) is 0 Å². The van der Waals surface area contributed by atoms with Gasteiger partial charge in [-0.25, -0.2) is 0 Å². The van der Waals surface area contributed by atoms with Crippen molar-refractivity contribution in [2.75, 3.05) is 6.61 Å². The van der Waals surface area contributed by atoms with Gasteiger partial charge in [-0.3, -0.25) is 19.2 Å². The van der Waals surface area contributed by atoms with Crippen LogP contribution in [0, 0.1) is 5.92 Å². The zero-order valence-electron chi connectivity index (χ0n) is 35.0. The molecular weight excluding hydrogens is 680 g/mol. The minimum absolute atomic E-state index is 0.0304. The number of allylic oxidation sites excluding steroid dienone is 4. The second-order valence-corrected chi connectivity index (χ2v) is 15.2. The normalized spacial score (nSPS) is 11.3. The summed E-state index contributed by atoms with van der Waals surface area (Å²) in [6.45, 7) is 4.98. The summed E-state index contributed by atoms with van der Waals surface area (Å²) in [6, 6.07) is 0. The minimum Gasteiger partial charge on any atom is -0.481 e. The number of carbonyl (C=O) groups excluding carboxylic acids is 1. The molecule has 0 fully saturated rings. The number of carbonyl (C=O) groups is 4. The molecule has 0 saturated heterocycles. The first-order valence-electron chi connectivity index (χ1n) is 22.3. The van der Waals surface area contributed by atoms with E-state index in [2.05, 4.69) is 38.2 Å². The largest absolute Gasteiger partial charge is 0.481 e. The number of hydrogen-bond acceptors (Lipinski definition) is 5. The van der Waals surface area contributed by atoms with Gasteiger partial charge < -0.3 is 20.1 Å². The van der Waals surface area contributed by atoms with E-state index in [-0.39, 0.29) is 37.6 Å². The molecule has 54 heavy (non-hydrogen) atoms. The first kappa shape index (κ1) is 53.5. The topological polar surface area (TPSA) is 138 Å². The standard InChI is InChI=1S/2C23H42O4/c1-2-3-4-5-6-7-8-9-10-11-12-13-14-15-16-17-21-27-23(26)20-18-19-22(24)25;1-2-3-4-5-6-7-8-9-10-11-12-13-14-15-16-17-18-21(19-22(24)25)20-23(26)27/h9-10H,2-8,11-21H2,1H3,(H,24,25);9-10,21H,2-8,11-20H2,1H3,(H,24,25)(H,26,27)/b10-9-;. The Bertz CT molecular complexity index is 896. The molecule has 0 heterocycles. The van der Waals surface area contributed by atoms with Crippen LogP contribution in [-0.4, -0.2) is 45.8 Å². The third-order valence-corrected chi connectivity index (χ3v) is 9.74. The lowest BCUT2D eigenvalue weighted by molar-refractivity contribution is -0.144. The van der Waals surface area contributed by atoms with Crippen LogP contribution < -0.4 is 0 Å². The summed E-state index contributed by atoms with van der Waals surface area (Å²) in [5.41, 5.74) is 0. The summed E-state index contributed by atoms with van der Waals surface area (Å²) < 4.78 is 5.10. The van der Waals surface area contributed by atoms with Crippen molar-refractivity contribution in [2.45, 2.75) is 232 Å². The highest BCUT2D eigenvalue weighted by molar-refractivity contribution is 5.71. The highest BCUT2D eigenvalue weighted by atomic mass is 16.5. The SMILES string of the molecule is CCCCCCCC/C=C\CCCCCCCCOC(=O)CCCC(=O)O.CCCCCCCCC=CCCCCCCCCC(CC(=O)O)CC(=O)O. The van der Waals surface area contributed by atoms with E-state index < -0.39 is 17.9 Å². The van der Waals surface area contributed by atoms with E-state index in [4.69, 9.17) is 20.1 Å². The van der Waals surface area contributed by atoms with Crippen LogP contribution in [0.25, 0.3) is 0 Å². The summed E-state index contributed by atoms with van der Waals surface area (Å²) in [5.74, 6) is -3.16. The van der Waals surface area contributed by atoms with Gasteiger partial charge in [-0.05, 0) is 76.5 Å². The molecule has 0 rings (SSSR count). The molecule has 3 N–H and O–H groups in total. The Balaban J connectivity index is 0. The third-order valence-electron chi connectivity index (χ3n) is 9.74. The zero-order valence-corrected chi connectivity index (χ0v) is 35.0. The van der Waals surface area contributed by atoms with Crippen molar-refractivity contribution < 1.29 is 39.2 Å². The summed E-state index contributed by atoms with van der Waals surface area (Å²) in [7, 11) is 0. The Kier molecular flexibility index (Phi) is 44.3. The van der Waals surface area contributed by atoms with E-state index in [0.717, 1.165) is 32.1 Å². The van der Waals surface area contributed by atoms with Crippen LogP contribution in [0.3, 0.4) is 0 Å². The molecule has 316 valence electrons. The minimum atomic E-state index is -0.897. The van der Waals surface area contributed by atoms with Crippen molar-refractivity contribution in [3.05, 3.63) is 24.3 Å². The maximum atomic E-state index is 11.4. The first-order chi connectivity index (χ1) is 26.2. The fourth-order valence-electron chi connectivity index (χ4n) is 6.44. The van der Waals surface area contributed by atoms with Crippen LogP contribution in [0.4, 0.5) is 0 Å². The molecule has 0 unspecified atom stereocenters. The number of esters is 1. The number of hydrogen-bond donors (Lipinski definition) is 3. The lowest BCUT2D eigenvalue weighted by Crippen LogP contribution is -2.12. The summed E-state index contributed by atoms with van der Waals surface area (Å²) >= 11 is 0. The van der Waals surface area contributed by atoms with Crippen LogP contribution in [0.5, 0.6) is 0 Å². The second-order valence-electron chi connectivity index (χ2n) is 15.2. The van der Waals surface area contributed by atoms with Crippen molar-refractivity contribution in [3.8, 4) is 0 Å². The van der Waals surface area contributed by atoms with Crippen molar-refractivity contribution in [1.82, 2.24) is 0 Å². The second kappa shape index (κ2) is 44.8. The van der Waals surface area contributed by atoms with E-state index in [9.17, 15) is 19.2 Å². The lowest BCUT2D eigenvalue weighted by Gasteiger charge is -2.11. The molecule has 0 aliphatic carbocycles. The Hall–Kier alpha value is -2.64. The van der Waals surface area contributed by atoms with Crippen LogP contribution in [0.2, 0.25) is 0 Å². The van der Waals surface area contributed by atoms with Crippen LogP contribution >= 0.6 is 0 Å². The maximum absolute atomic E-state index is 11.4. The number of rotatable bonds is 40. The molecule has 0 aliphatic heterocycles. The van der Waals surface area contributed by atoms with Gasteiger partial charge in [0, 0.05) is 25.7 Å². The number of unbranched alkanes of at least 4 members (excludes halogenated alkanes) is 24. The predicted molar refractivity (Wildman–Crippen MR) is 224 cm³/mol. The van der Waals surface area contributed by atoms with Gasteiger partial charge in [-0.15, -0.1) is 0 Å². The van der Waals surface area contributed by atoms with E-state index in [0.29, 0.717) is 19.4 Å². The number of aliphatic carboxylic acids is 3. The fraction of sp³-hybridized carbons (Fsp3) is 0.826. The van der Waals surface area contributed by atoms with Crippen molar-refractivity contribution >= 4 is 23.9 Å². The molecule has 0 aliphatic rings. The van der Waals surface area contributed by atoms with Gasteiger partial charge >= 0.3 is 23.9 Å². The molecular formula is C46H84O8. The molecule has 0 aromatic heterocycles. The van der Waals surface area contributed by atoms with Gasteiger partial charge in [0.15, 0.2) is 0 Å². The third kappa shape index (κ3) is 49.4. The lowest BCUT2D eigenvalue weighted by atomic mass is 9.94. The van der Waals surface area contributed by atoms with Crippen LogP contribution in [-0.2, 0) is 23.9 Å². The van der Waals surface area contributed by atoms with Gasteiger partial charge in [-0.1, -0.05) is 160 Å². The Morgan fingerprint density at radius 3 is 1.15 bits per heavy atom. The van der Waals surface area contributed by atoms with E-state index in [1.54, 1.807) is 0 Å². The smallest absolute Gasteiger partial charge is 0.305 e. The molecule has 8 heteroatoms. The van der Waals surface area contributed by atoms with Gasteiger partial charge in [0.05, 0.1) is 6.61 Å². The van der Waals surface area contributed by atoms with Gasteiger partial charge in [0.1, 0.15) is 0 Å². The highest BCUT2D eigenvalue weighted by Gasteiger charge is 2.16. The monoisotopic (exact) mass is 765 g/mol. The summed E-state index contributed by atoms with van der Waals surface area (Å²) in [5, 5.41) is 26.2. The molecule has 0 saturated carbocycles. The average molecular weight is 765 g/mol. The van der Waals surface area contributed by atoms with Crippen LogP contribution in [0.1, 0.15) is 232 Å². The quantitative estimate of drug-likeness (QED) is 0.0318. The molecule has 0 radical (unpaired) electrons. The average Bonchev–Trinajstić information content (AvgIpc) is 3.12. The molecule has 0 aromatic rings. The number of ether oxygens (including phenoxy) is 1. The Morgan fingerprint density at radius 2 is 0.778 bits per heavy atom. The zero-order chi connectivity index (χ0) is 40.2. The molecule has 8 nitrogen and oxygen atoms in total. The molecule has 0 amide bonds. The summed E-state index contributed by atoms with van der Waals surface area (Å²) in [6.07, 6.45) is 45.7. The van der Waals surface area contributed by atoms with Gasteiger partial charge in [0.2, 0.25) is 0 Å². The number of carboxylic acid groups (broad SMARTS) is 3. The Morgan fingerprint density at radius 1 is 0.426 bits per heavy atom. The van der Waals surface area contributed by atoms with Gasteiger partial charge in [-0.2, -0.15) is 0 Å². The van der Waals surface area contributed by atoms with Crippen molar-refractivity contribution in [3.63, 3.8) is 0 Å². The molecule has 0 spiro atoms. The maximum Gasteiger partial charge on any atom is 0.305 e. The van der Waals surface area contributed by atoms with E-state index in [1.165, 1.54) is 148 Å². The van der Waals surface area contributed by atoms with E-state index in [1.807, 2.05) is 0 Å². The molecule has 0 bridgehead atoms. The van der Waals surface area contributed by atoms with E-state index >= 15 is 0 Å². The van der Waals surface area contributed by atoms with Gasteiger partial charge in [0.25, 0.3) is 0 Å². The van der Waals surface area contributed by atoms with Crippen LogP contribution in [0.15, 0.2) is 24.3 Å². The predicted octanol–water partition coefficient (Wildman–Crippen LogP) is 13.8. The molecule has 0 aromatic carbocycles. The first-order valence-corrected chi connectivity index (χ1v) is 22.3. The Labute approximate surface area is 331 Å². The highest BCUT2D eigenvalue weighted by Crippen LogP contribution is 2.19. The van der Waals surface area contributed by atoms with Crippen molar-refractivity contribution in [2.24, 2.45) is 5.92 Å². The molecule has 0 atom stereocenters.